The maximum absolute atomic E-state index is 12.9. The first-order valence-electron chi connectivity index (χ1n) is 11.5. The van der Waals surface area contributed by atoms with Crippen LogP contribution in [0.4, 0.5) is 11.5 Å². The van der Waals surface area contributed by atoms with Crippen LogP contribution in [0.25, 0.3) is 11.5 Å². The zero-order chi connectivity index (χ0) is 25.5. The fourth-order valence-corrected chi connectivity index (χ4v) is 3.92. The molecular weight excluding hydrogens is 462 g/mol. The van der Waals surface area contributed by atoms with Gasteiger partial charge in [0.2, 0.25) is 5.89 Å². The van der Waals surface area contributed by atoms with Gasteiger partial charge in [-0.05, 0) is 36.2 Å². The summed E-state index contributed by atoms with van der Waals surface area (Å²) in [6, 6.07) is 16.8. The number of benzene rings is 2. The maximum atomic E-state index is 12.9. The lowest BCUT2D eigenvalue weighted by Gasteiger charge is -2.25. The summed E-state index contributed by atoms with van der Waals surface area (Å²) >= 11 is 0. The minimum Gasteiger partial charge on any atom is -0.497 e. The summed E-state index contributed by atoms with van der Waals surface area (Å²) in [5.41, 5.74) is 7.80. The Hall–Kier alpha value is -4.31. The van der Waals surface area contributed by atoms with Crippen molar-refractivity contribution in [2.24, 2.45) is 0 Å². The fourth-order valence-electron chi connectivity index (χ4n) is 3.92. The zero-order valence-electron chi connectivity index (χ0n) is 20.3. The van der Waals surface area contributed by atoms with Crippen molar-refractivity contribution < 1.29 is 13.9 Å². The molecule has 0 atom stereocenters. The number of aromatic amines is 1. The molecule has 0 bridgehead atoms. The Balaban J connectivity index is 1.66. The number of nitrogens with zero attached hydrogens (tertiary/aromatic N) is 3. The van der Waals surface area contributed by atoms with Crippen molar-refractivity contribution in [1.82, 2.24) is 14.5 Å². The number of nitrogens with one attached hydrogen (secondary N) is 1. The molecule has 0 aliphatic heterocycles. The van der Waals surface area contributed by atoms with Gasteiger partial charge in [0.1, 0.15) is 23.5 Å². The number of nitrogen functional groups attached to an aromatic ring is 1. The number of hydrogen-bond donors (Lipinski definition) is 2. The van der Waals surface area contributed by atoms with Crippen LogP contribution in [0.5, 0.6) is 5.75 Å². The van der Waals surface area contributed by atoms with Crippen LogP contribution in [-0.4, -0.2) is 41.9 Å². The van der Waals surface area contributed by atoms with Gasteiger partial charge in [-0.25, -0.2) is 9.78 Å². The highest BCUT2D eigenvalue weighted by Crippen LogP contribution is 2.24. The molecule has 0 radical (unpaired) electrons. The van der Waals surface area contributed by atoms with Crippen LogP contribution in [0.2, 0.25) is 0 Å². The second kappa shape index (κ2) is 11.4. The first-order valence-corrected chi connectivity index (χ1v) is 11.5. The number of ether oxygens (including phenoxy) is 2. The van der Waals surface area contributed by atoms with E-state index in [1.807, 2.05) is 54.6 Å². The topological polar surface area (TPSA) is 129 Å². The summed E-state index contributed by atoms with van der Waals surface area (Å²) < 4.78 is 17.5. The lowest BCUT2D eigenvalue weighted by molar-refractivity contribution is 0.196. The maximum Gasteiger partial charge on any atom is 0.330 e. The zero-order valence-corrected chi connectivity index (χ0v) is 20.3. The number of H-pyrrole nitrogens is 1. The number of rotatable bonds is 11. The highest BCUT2D eigenvalue weighted by atomic mass is 16.5. The van der Waals surface area contributed by atoms with Gasteiger partial charge < -0.3 is 24.5 Å². The minimum absolute atomic E-state index is 0.0869. The average Bonchev–Trinajstić information content (AvgIpc) is 3.35. The summed E-state index contributed by atoms with van der Waals surface area (Å²) in [5.74, 6) is 1.26. The van der Waals surface area contributed by atoms with E-state index >= 15 is 0 Å². The monoisotopic (exact) mass is 491 g/mol. The third kappa shape index (κ3) is 5.66. The molecule has 0 saturated carbocycles. The third-order valence-electron chi connectivity index (χ3n) is 5.73. The van der Waals surface area contributed by atoms with Gasteiger partial charge in [0.25, 0.3) is 5.56 Å². The molecule has 0 fully saturated rings. The largest absolute Gasteiger partial charge is 0.497 e. The predicted octanol–water partition coefficient (Wildman–Crippen LogP) is 2.87. The number of aromatic nitrogens is 3. The quantitative estimate of drug-likeness (QED) is 0.307. The Labute approximate surface area is 207 Å². The molecule has 0 aliphatic carbocycles. The Morgan fingerprint density at radius 1 is 1.08 bits per heavy atom. The molecule has 188 valence electrons. The van der Waals surface area contributed by atoms with Crippen LogP contribution in [0.3, 0.4) is 0 Å². The Kier molecular flexibility index (Phi) is 7.86. The molecule has 3 N–H and O–H groups in total. The summed E-state index contributed by atoms with van der Waals surface area (Å²) in [6.07, 6.45) is 2.18. The van der Waals surface area contributed by atoms with E-state index in [0.717, 1.165) is 16.9 Å². The van der Waals surface area contributed by atoms with Crippen molar-refractivity contribution in [2.75, 3.05) is 38.0 Å². The van der Waals surface area contributed by atoms with E-state index in [2.05, 4.69) is 9.97 Å². The summed E-state index contributed by atoms with van der Waals surface area (Å²) in [6.45, 7) is 1.43. The van der Waals surface area contributed by atoms with Gasteiger partial charge in [-0.1, -0.05) is 30.3 Å². The molecule has 0 saturated heterocycles. The lowest BCUT2D eigenvalue weighted by Crippen LogP contribution is -2.39. The average molecular weight is 492 g/mol. The van der Waals surface area contributed by atoms with Gasteiger partial charge in [0, 0.05) is 25.8 Å². The van der Waals surface area contributed by atoms with Crippen molar-refractivity contribution in [2.45, 2.75) is 19.5 Å². The van der Waals surface area contributed by atoms with Crippen molar-refractivity contribution in [3.63, 3.8) is 0 Å². The van der Waals surface area contributed by atoms with Crippen LogP contribution in [0.15, 0.2) is 74.9 Å². The van der Waals surface area contributed by atoms with E-state index in [0.29, 0.717) is 31.2 Å². The lowest BCUT2D eigenvalue weighted by atomic mass is 10.2. The molecule has 2 aromatic heterocycles. The van der Waals surface area contributed by atoms with E-state index in [1.54, 1.807) is 25.4 Å². The molecule has 0 unspecified atom stereocenters. The molecule has 10 heteroatoms. The van der Waals surface area contributed by atoms with Gasteiger partial charge in [0.05, 0.1) is 25.9 Å². The van der Waals surface area contributed by atoms with E-state index in [4.69, 9.17) is 19.6 Å². The number of methoxy groups -OCH3 is 2. The smallest absolute Gasteiger partial charge is 0.330 e. The number of nitrogens with two attached hydrogens (primary N) is 1. The fraction of sp³-hybridized carbons (Fsp3) is 0.269. The normalized spacial score (nSPS) is 10.9. The van der Waals surface area contributed by atoms with Gasteiger partial charge >= 0.3 is 5.69 Å². The first-order chi connectivity index (χ1) is 17.5. The molecule has 0 aliphatic rings. The molecule has 4 aromatic rings. The first kappa shape index (κ1) is 24.8. The Morgan fingerprint density at radius 2 is 1.83 bits per heavy atom. The number of hydrogen-bond acceptors (Lipinski definition) is 8. The van der Waals surface area contributed by atoms with E-state index in [-0.39, 0.29) is 24.6 Å². The SMILES string of the molecule is COCCCN(Cc1coc(-c2ccc(OC)cc2)n1)c1c(N)n(Cc2ccccc2)c(=O)[nH]c1=O. The second-order valence-electron chi connectivity index (χ2n) is 8.21. The summed E-state index contributed by atoms with van der Waals surface area (Å²) in [7, 11) is 3.22. The van der Waals surface area contributed by atoms with E-state index in [9.17, 15) is 9.59 Å². The minimum atomic E-state index is -0.565. The van der Waals surface area contributed by atoms with Crippen LogP contribution in [-0.2, 0) is 17.8 Å². The number of anilines is 2. The molecular formula is C26H29N5O5. The van der Waals surface area contributed by atoms with Crippen molar-refractivity contribution >= 4 is 11.5 Å². The Bertz CT molecular complexity index is 1390. The highest BCUT2D eigenvalue weighted by molar-refractivity contribution is 5.63. The van der Waals surface area contributed by atoms with Crippen LogP contribution in [0.1, 0.15) is 17.7 Å². The second-order valence-corrected chi connectivity index (χ2v) is 8.21. The van der Waals surface area contributed by atoms with Crippen LogP contribution in [0, 0.1) is 0 Å². The molecule has 10 nitrogen and oxygen atoms in total. The van der Waals surface area contributed by atoms with Crippen molar-refractivity contribution in [3.8, 4) is 17.2 Å². The molecule has 0 amide bonds. The molecule has 36 heavy (non-hydrogen) atoms. The van der Waals surface area contributed by atoms with Crippen molar-refractivity contribution in [1.29, 1.82) is 0 Å². The molecule has 4 rings (SSSR count). The standard InChI is InChI=1S/C26H29N5O5/c1-34-14-6-13-30(16-20-17-36-25(28-20)19-9-11-21(35-2)12-10-19)22-23(27)31(26(33)29-24(22)32)15-18-7-4-3-5-8-18/h3-5,7-12,17H,6,13-16,27H2,1-2H3,(H,29,32,33). The van der Waals surface area contributed by atoms with E-state index in [1.165, 1.54) is 4.57 Å². The van der Waals surface area contributed by atoms with Gasteiger partial charge in [0.15, 0.2) is 0 Å². The summed E-state index contributed by atoms with van der Waals surface area (Å²) in [5, 5.41) is 0. The Morgan fingerprint density at radius 3 is 2.53 bits per heavy atom. The van der Waals surface area contributed by atoms with Gasteiger partial charge in [-0.15, -0.1) is 0 Å². The van der Waals surface area contributed by atoms with E-state index < -0.39 is 11.2 Å². The van der Waals surface area contributed by atoms with Gasteiger partial charge in [-0.3, -0.25) is 14.3 Å². The molecule has 0 spiro atoms. The highest BCUT2D eigenvalue weighted by Gasteiger charge is 2.21. The molecule has 2 heterocycles. The number of oxazole rings is 1. The molecule has 2 aromatic carbocycles. The summed E-state index contributed by atoms with van der Waals surface area (Å²) in [4.78, 5) is 34.4. The predicted molar refractivity (Wildman–Crippen MR) is 137 cm³/mol. The van der Waals surface area contributed by atoms with Crippen molar-refractivity contribution in [3.05, 3.63) is 93.0 Å². The van der Waals surface area contributed by atoms with Crippen LogP contribution < -0.4 is 26.6 Å². The van der Waals surface area contributed by atoms with Gasteiger partial charge in [-0.2, -0.15) is 0 Å². The third-order valence-corrected chi connectivity index (χ3v) is 5.73. The van der Waals surface area contributed by atoms with Crippen LogP contribution >= 0.6 is 0 Å².